The molecule has 0 spiro atoms. The Morgan fingerprint density at radius 3 is 2.36 bits per heavy atom. The highest BCUT2D eigenvalue weighted by Gasteiger charge is 2.69. The molecule has 12 nitrogen and oxygen atoms in total. The topological polar surface area (TPSA) is 177 Å². The average Bonchev–Trinajstić information content (AvgIpc) is 3.38. The van der Waals surface area contributed by atoms with Gasteiger partial charge in [0.1, 0.15) is 5.75 Å². The van der Waals surface area contributed by atoms with Crippen LogP contribution in [0.15, 0.2) is 24.3 Å². The zero-order valence-electron chi connectivity index (χ0n) is 23.5. The lowest BCUT2D eigenvalue weighted by molar-refractivity contribution is -0.181. The number of primary amides is 1. The van der Waals surface area contributed by atoms with Crippen LogP contribution in [0.3, 0.4) is 0 Å². The van der Waals surface area contributed by atoms with Gasteiger partial charge in [-0.2, -0.15) is 0 Å². The summed E-state index contributed by atoms with van der Waals surface area (Å²) in [6, 6.07) is 5.69. The summed E-state index contributed by atoms with van der Waals surface area (Å²) in [5, 5.41) is 23.3. The molecule has 2 fully saturated rings. The Hall–Kier alpha value is -4.29. The molecule has 2 aromatic carbocycles. The van der Waals surface area contributed by atoms with Crippen molar-refractivity contribution >= 4 is 34.7 Å². The summed E-state index contributed by atoms with van der Waals surface area (Å²) in [6.07, 6.45) is 0.162. The third kappa shape index (κ3) is 3.64. The van der Waals surface area contributed by atoms with Gasteiger partial charge in [0, 0.05) is 31.3 Å². The first kappa shape index (κ1) is 27.9. The number of ether oxygens (including phenoxy) is 2. The summed E-state index contributed by atoms with van der Waals surface area (Å²) in [4.78, 5) is 70.5. The van der Waals surface area contributed by atoms with Crippen molar-refractivity contribution in [2.45, 2.75) is 24.5 Å². The smallest absolute Gasteiger partial charge is 0.235 e. The lowest BCUT2D eigenvalue weighted by Crippen LogP contribution is -2.74. The van der Waals surface area contributed by atoms with Gasteiger partial charge in [-0.3, -0.25) is 28.9 Å². The first-order valence-electron chi connectivity index (χ1n) is 13.6. The number of fused-ring (bicyclic) bond motifs is 4. The molecular formula is C30H31N3O9. The molecule has 6 atom stereocenters. The Morgan fingerprint density at radius 2 is 1.71 bits per heavy atom. The molecule has 2 aromatic rings. The van der Waals surface area contributed by atoms with Crippen LogP contribution in [-0.4, -0.2) is 90.8 Å². The fourth-order valence-corrected chi connectivity index (χ4v) is 7.34. The Labute approximate surface area is 241 Å². The second-order valence-electron chi connectivity index (χ2n) is 11.9. The van der Waals surface area contributed by atoms with Crippen molar-refractivity contribution in [3.8, 4) is 28.4 Å². The maximum Gasteiger partial charge on any atom is 0.235 e. The van der Waals surface area contributed by atoms with E-state index < -0.39 is 64.4 Å². The number of anilines is 1. The summed E-state index contributed by atoms with van der Waals surface area (Å²) < 4.78 is 10.9. The van der Waals surface area contributed by atoms with E-state index in [4.69, 9.17) is 15.2 Å². The SMILES string of the molecule is CN(C)c1cc(-c2ccc3c(c2)OCO3)c(O)c2c1C[C@H]1C[C@@H]3[C@H](N(C)C)C(=O)C(C(N)=O)C(=O)[C@@]3(O)C(=O)C1C2=O. The first-order chi connectivity index (χ1) is 19.8. The van der Waals surface area contributed by atoms with E-state index in [1.807, 2.05) is 0 Å². The van der Waals surface area contributed by atoms with Crippen LogP contribution in [-0.2, 0) is 25.6 Å². The zero-order valence-corrected chi connectivity index (χ0v) is 23.5. The lowest BCUT2D eigenvalue weighted by atomic mass is 9.52. The largest absolute Gasteiger partial charge is 0.507 e. The Balaban J connectivity index is 1.50. The minimum absolute atomic E-state index is 0.0125. The summed E-state index contributed by atoms with van der Waals surface area (Å²) in [5.74, 6) is -9.80. The third-order valence-electron chi connectivity index (χ3n) is 9.20. The van der Waals surface area contributed by atoms with Crippen molar-refractivity contribution in [2.75, 3.05) is 39.9 Å². The van der Waals surface area contributed by atoms with Gasteiger partial charge in [-0.15, -0.1) is 0 Å². The maximum absolute atomic E-state index is 14.2. The molecule has 12 heteroatoms. The van der Waals surface area contributed by atoms with E-state index in [1.165, 1.54) is 4.90 Å². The molecule has 0 saturated heterocycles. The number of likely N-dealkylation sites (N-methyl/N-ethyl adjacent to an activating group) is 1. The highest BCUT2D eigenvalue weighted by atomic mass is 16.7. The number of hydrogen-bond donors (Lipinski definition) is 3. The van der Waals surface area contributed by atoms with Gasteiger partial charge in [0.15, 0.2) is 46.2 Å². The standard InChI is InChI=1S/C30H31N3O9/c1-32(2)17-10-14(12-5-6-18-19(9-12)42-11-41-18)24(34)21-15(17)7-13-8-16-23(33(3)4)26(36)22(29(31)39)28(38)30(16,40)27(37)20(13)25(21)35/h5-6,9-10,13,16,20,22-23,34,40H,7-8,11H2,1-4H3,(H2,31,39)/t13-,16+,20?,22?,23-,30-/m0/s1. The van der Waals surface area contributed by atoms with Crippen LogP contribution in [0.1, 0.15) is 22.3 Å². The Bertz CT molecular complexity index is 1600. The van der Waals surface area contributed by atoms with Crippen LogP contribution in [0.4, 0.5) is 5.69 Å². The molecule has 6 rings (SSSR count). The summed E-state index contributed by atoms with van der Waals surface area (Å²) in [5.41, 5.74) is 4.58. The van der Waals surface area contributed by atoms with Gasteiger partial charge in [0.25, 0.3) is 0 Å². The summed E-state index contributed by atoms with van der Waals surface area (Å²) >= 11 is 0. The normalized spacial score (nSPS) is 29.7. The molecule has 4 aliphatic rings. The van der Waals surface area contributed by atoms with Crippen LogP contribution in [0.5, 0.6) is 17.2 Å². The molecule has 4 N–H and O–H groups in total. The molecule has 1 amide bonds. The monoisotopic (exact) mass is 577 g/mol. The van der Waals surface area contributed by atoms with Crippen LogP contribution >= 0.6 is 0 Å². The Morgan fingerprint density at radius 1 is 1.02 bits per heavy atom. The number of aromatic hydroxyl groups is 1. The molecular weight excluding hydrogens is 546 g/mol. The van der Waals surface area contributed by atoms with Gasteiger partial charge < -0.3 is 30.3 Å². The van der Waals surface area contributed by atoms with Crippen molar-refractivity contribution in [3.63, 3.8) is 0 Å². The number of nitrogens with two attached hydrogens (primary N) is 1. The summed E-state index contributed by atoms with van der Waals surface area (Å²) in [6.45, 7) is 0.0566. The van der Waals surface area contributed by atoms with Crippen molar-refractivity contribution in [1.29, 1.82) is 0 Å². The van der Waals surface area contributed by atoms with Crippen LogP contribution < -0.4 is 20.1 Å². The van der Waals surface area contributed by atoms with E-state index >= 15 is 0 Å². The number of carbonyl (C=O) groups excluding carboxylic acids is 5. The number of phenols is 1. The zero-order chi connectivity index (χ0) is 30.4. The first-order valence-corrected chi connectivity index (χ1v) is 13.6. The fraction of sp³-hybridized carbons (Fsp3) is 0.433. The quantitative estimate of drug-likeness (QED) is 0.427. The molecule has 0 radical (unpaired) electrons. The van der Waals surface area contributed by atoms with Crippen LogP contribution in [0.25, 0.3) is 11.1 Å². The van der Waals surface area contributed by atoms with E-state index in [0.717, 1.165) is 0 Å². The van der Waals surface area contributed by atoms with Gasteiger partial charge in [0.2, 0.25) is 12.7 Å². The minimum atomic E-state index is -2.77. The van der Waals surface area contributed by atoms with E-state index in [-0.39, 0.29) is 30.9 Å². The van der Waals surface area contributed by atoms with E-state index in [9.17, 15) is 34.2 Å². The van der Waals surface area contributed by atoms with E-state index in [2.05, 4.69) is 0 Å². The van der Waals surface area contributed by atoms with Crippen LogP contribution in [0.2, 0.25) is 0 Å². The maximum atomic E-state index is 14.2. The summed E-state index contributed by atoms with van der Waals surface area (Å²) in [7, 11) is 6.69. The van der Waals surface area contributed by atoms with Crippen molar-refractivity contribution in [1.82, 2.24) is 4.90 Å². The second kappa shape index (κ2) is 9.36. The molecule has 1 heterocycles. The molecule has 2 unspecified atom stereocenters. The van der Waals surface area contributed by atoms with Gasteiger partial charge in [0.05, 0.1) is 17.5 Å². The number of benzene rings is 2. The average molecular weight is 578 g/mol. The molecule has 220 valence electrons. The molecule has 0 aromatic heterocycles. The molecule has 3 aliphatic carbocycles. The number of aliphatic hydroxyl groups is 1. The predicted octanol–water partition coefficient (Wildman–Crippen LogP) is 0.329. The predicted molar refractivity (Wildman–Crippen MR) is 147 cm³/mol. The van der Waals surface area contributed by atoms with Gasteiger partial charge >= 0.3 is 0 Å². The highest BCUT2D eigenvalue weighted by Crippen LogP contribution is 2.53. The number of phenolic OH excluding ortho intramolecular Hbond substituents is 1. The van der Waals surface area contributed by atoms with Crippen molar-refractivity contribution < 1.29 is 43.7 Å². The minimum Gasteiger partial charge on any atom is -0.507 e. The second-order valence-corrected chi connectivity index (χ2v) is 11.9. The van der Waals surface area contributed by atoms with Gasteiger partial charge in [-0.1, -0.05) is 6.07 Å². The van der Waals surface area contributed by atoms with Gasteiger partial charge in [-0.25, -0.2) is 0 Å². The van der Waals surface area contributed by atoms with E-state index in [0.29, 0.717) is 33.9 Å². The molecule has 0 bridgehead atoms. The number of ketones is 4. The highest BCUT2D eigenvalue weighted by molar-refractivity contribution is 6.32. The number of amides is 1. The Kier molecular flexibility index (Phi) is 6.21. The van der Waals surface area contributed by atoms with Crippen molar-refractivity contribution in [2.24, 2.45) is 29.4 Å². The van der Waals surface area contributed by atoms with Crippen molar-refractivity contribution in [3.05, 3.63) is 35.4 Å². The third-order valence-corrected chi connectivity index (χ3v) is 9.20. The number of rotatable bonds is 4. The number of nitrogens with zero attached hydrogens (tertiary/aromatic N) is 2. The molecule has 2 saturated carbocycles. The number of carbonyl (C=O) groups is 5. The fourth-order valence-electron chi connectivity index (χ4n) is 7.34. The number of hydrogen-bond acceptors (Lipinski definition) is 11. The van der Waals surface area contributed by atoms with Crippen LogP contribution in [0, 0.1) is 23.7 Å². The van der Waals surface area contributed by atoms with Gasteiger partial charge in [-0.05, 0) is 62.2 Å². The molecule has 1 aliphatic heterocycles. The number of Topliss-reactive ketones (excluding diaryl/α,β-unsaturated/α-hetero) is 4. The lowest BCUT2D eigenvalue weighted by Gasteiger charge is -2.52. The molecule has 42 heavy (non-hydrogen) atoms. The van der Waals surface area contributed by atoms with E-state index in [1.54, 1.807) is 57.4 Å².